The minimum Gasteiger partial charge on any atom is -0.507 e. The van der Waals surface area contributed by atoms with Crippen LogP contribution >= 0.6 is 0 Å². The molecule has 2 aromatic heterocycles. The number of benzene rings is 2. The molecule has 1 saturated heterocycles. The van der Waals surface area contributed by atoms with Crippen LogP contribution in [0.2, 0.25) is 0 Å². The third-order valence-electron chi connectivity index (χ3n) is 7.51. The zero-order valence-corrected chi connectivity index (χ0v) is 19.3. The second-order valence-corrected chi connectivity index (χ2v) is 11.2. The summed E-state index contributed by atoms with van der Waals surface area (Å²) in [6, 6.07) is 13.5. The van der Waals surface area contributed by atoms with E-state index in [4.69, 9.17) is 4.42 Å². The Morgan fingerprint density at radius 3 is 2.82 bits per heavy atom. The summed E-state index contributed by atoms with van der Waals surface area (Å²) in [6.45, 7) is 8.66. The Morgan fingerprint density at radius 1 is 1.18 bits per heavy atom. The first-order chi connectivity index (χ1) is 15.7. The number of aromatic amines is 1. The molecule has 6 rings (SSSR count). The Labute approximate surface area is 192 Å². The fourth-order valence-corrected chi connectivity index (χ4v) is 6.59. The molecule has 6 heteroatoms. The lowest BCUT2D eigenvalue weighted by atomic mass is 9.65. The standard InChI is InChI=1S/C27H29N3O3/c1-26(2)11-17-12-27(3,14-26)15-30(17)13-19-22(31)9-8-16-10-18(25(32)33-23(16)19)24-28-20-6-4-5-7-21(20)29-24/h4-10,17,31H,11-15H2,1-3H3,(H,28,29)/t17-,27+/m1/s1. The third-order valence-corrected chi connectivity index (χ3v) is 7.51. The van der Waals surface area contributed by atoms with Crippen LogP contribution in [0.1, 0.15) is 45.6 Å². The number of rotatable bonds is 3. The highest BCUT2D eigenvalue weighted by Gasteiger charge is 2.49. The molecule has 2 atom stereocenters. The minimum absolute atomic E-state index is 0.174. The van der Waals surface area contributed by atoms with Gasteiger partial charge in [0.25, 0.3) is 0 Å². The van der Waals surface area contributed by atoms with Crippen molar-refractivity contribution in [2.45, 2.75) is 52.6 Å². The fourth-order valence-electron chi connectivity index (χ4n) is 6.59. The number of phenolic OH excluding ortho intramolecular Hbond substituents is 1. The van der Waals surface area contributed by atoms with E-state index >= 15 is 0 Å². The molecule has 1 aliphatic carbocycles. The van der Waals surface area contributed by atoms with Gasteiger partial charge < -0.3 is 14.5 Å². The molecule has 170 valence electrons. The van der Waals surface area contributed by atoms with Gasteiger partial charge in [0.2, 0.25) is 0 Å². The summed E-state index contributed by atoms with van der Waals surface area (Å²) in [4.78, 5) is 23.2. The highest BCUT2D eigenvalue weighted by Crippen LogP contribution is 2.53. The molecule has 1 aliphatic heterocycles. The Morgan fingerprint density at radius 2 is 2.00 bits per heavy atom. The Hall–Kier alpha value is -3.12. The molecule has 1 saturated carbocycles. The molecule has 2 aromatic carbocycles. The average molecular weight is 444 g/mol. The van der Waals surface area contributed by atoms with Gasteiger partial charge in [-0.15, -0.1) is 0 Å². The maximum Gasteiger partial charge on any atom is 0.347 e. The molecule has 3 heterocycles. The van der Waals surface area contributed by atoms with Crippen LogP contribution in [0.3, 0.4) is 0 Å². The zero-order chi connectivity index (χ0) is 23.0. The molecule has 6 nitrogen and oxygen atoms in total. The number of phenols is 1. The average Bonchev–Trinajstić information content (AvgIpc) is 3.27. The third kappa shape index (κ3) is 3.44. The minimum atomic E-state index is -0.457. The monoisotopic (exact) mass is 443 g/mol. The van der Waals surface area contributed by atoms with E-state index in [0.717, 1.165) is 29.4 Å². The number of hydrogen-bond donors (Lipinski definition) is 2. The first kappa shape index (κ1) is 20.5. The SMILES string of the molecule is CC1(C)C[C@@H]2C[C@](C)(CN2Cc2c(O)ccc3cc(-c4nc5ccccc5[nH]4)c(=O)oc23)C1. The number of hydrogen-bond acceptors (Lipinski definition) is 5. The molecule has 0 amide bonds. The van der Waals surface area contributed by atoms with Gasteiger partial charge in [-0.05, 0) is 60.4 Å². The van der Waals surface area contributed by atoms with Crippen molar-refractivity contribution in [2.75, 3.05) is 6.54 Å². The van der Waals surface area contributed by atoms with Crippen LogP contribution in [0.15, 0.2) is 51.7 Å². The normalized spacial score (nSPS) is 24.6. The van der Waals surface area contributed by atoms with Crippen LogP contribution < -0.4 is 5.63 Å². The van der Waals surface area contributed by atoms with E-state index in [1.54, 1.807) is 12.1 Å². The van der Waals surface area contributed by atoms with Crippen LogP contribution in [-0.2, 0) is 6.54 Å². The molecule has 0 unspecified atom stereocenters. The van der Waals surface area contributed by atoms with Crippen molar-refractivity contribution >= 4 is 22.0 Å². The Bertz CT molecular complexity index is 1420. The predicted octanol–water partition coefficient (Wildman–Crippen LogP) is 5.44. The smallest absolute Gasteiger partial charge is 0.347 e. The number of fused-ring (bicyclic) bond motifs is 4. The molecular formula is C27H29N3O3. The van der Waals surface area contributed by atoms with Crippen molar-refractivity contribution in [3.63, 3.8) is 0 Å². The van der Waals surface area contributed by atoms with E-state index < -0.39 is 5.63 Å². The lowest BCUT2D eigenvalue weighted by Crippen LogP contribution is -2.34. The number of aromatic hydroxyl groups is 1. The summed E-state index contributed by atoms with van der Waals surface area (Å²) in [6.07, 6.45) is 3.54. The number of aromatic nitrogens is 2. The molecule has 0 spiro atoms. The largest absolute Gasteiger partial charge is 0.507 e. The molecular weight excluding hydrogens is 414 g/mol. The van der Waals surface area contributed by atoms with Crippen LogP contribution in [0.4, 0.5) is 0 Å². The van der Waals surface area contributed by atoms with E-state index in [-0.39, 0.29) is 5.75 Å². The molecule has 2 fully saturated rings. The number of likely N-dealkylation sites (tertiary alicyclic amines) is 1. The van der Waals surface area contributed by atoms with Crippen molar-refractivity contribution < 1.29 is 9.52 Å². The molecule has 33 heavy (non-hydrogen) atoms. The van der Waals surface area contributed by atoms with Crippen molar-refractivity contribution in [3.05, 3.63) is 58.4 Å². The predicted molar refractivity (Wildman–Crippen MR) is 129 cm³/mol. The van der Waals surface area contributed by atoms with E-state index in [0.29, 0.717) is 46.0 Å². The van der Waals surface area contributed by atoms with Gasteiger partial charge in [-0.3, -0.25) is 4.90 Å². The summed E-state index contributed by atoms with van der Waals surface area (Å²) in [5.74, 6) is 0.665. The summed E-state index contributed by atoms with van der Waals surface area (Å²) in [7, 11) is 0. The highest BCUT2D eigenvalue weighted by atomic mass is 16.4. The van der Waals surface area contributed by atoms with E-state index in [1.165, 1.54) is 12.8 Å². The first-order valence-corrected chi connectivity index (χ1v) is 11.7. The molecule has 2 bridgehead atoms. The quantitative estimate of drug-likeness (QED) is 0.412. The number of imidazole rings is 1. The molecule has 2 N–H and O–H groups in total. The summed E-state index contributed by atoms with van der Waals surface area (Å²) >= 11 is 0. The van der Waals surface area contributed by atoms with Crippen molar-refractivity contribution in [1.82, 2.24) is 14.9 Å². The van der Waals surface area contributed by atoms with Gasteiger partial charge in [-0.25, -0.2) is 9.78 Å². The second kappa shape index (κ2) is 6.94. The van der Waals surface area contributed by atoms with Gasteiger partial charge in [0.05, 0.1) is 16.6 Å². The van der Waals surface area contributed by atoms with Gasteiger partial charge in [0.1, 0.15) is 22.7 Å². The van der Waals surface area contributed by atoms with Crippen molar-refractivity contribution in [3.8, 4) is 17.1 Å². The number of H-pyrrole nitrogens is 1. The highest BCUT2D eigenvalue weighted by molar-refractivity contribution is 5.86. The van der Waals surface area contributed by atoms with Crippen molar-refractivity contribution in [2.24, 2.45) is 10.8 Å². The number of para-hydroxylation sites is 2. The molecule has 0 radical (unpaired) electrons. The van der Waals surface area contributed by atoms with Crippen LogP contribution in [0.25, 0.3) is 33.4 Å². The summed E-state index contributed by atoms with van der Waals surface area (Å²) in [5, 5.41) is 11.5. The Balaban J connectivity index is 1.40. The first-order valence-electron chi connectivity index (χ1n) is 11.7. The van der Waals surface area contributed by atoms with Gasteiger partial charge in [-0.2, -0.15) is 0 Å². The van der Waals surface area contributed by atoms with E-state index in [9.17, 15) is 9.90 Å². The topological polar surface area (TPSA) is 82.4 Å². The van der Waals surface area contributed by atoms with E-state index in [2.05, 4.69) is 35.6 Å². The molecule has 2 aliphatic rings. The lowest BCUT2D eigenvalue weighted by Gasteiger charge is -2.40. The molecule has 4 aromatic rings. The number of nitrogens with zero attached hydrogens (tertiary/aromatic N) is 2. The Kier molecular flexibility index (Phi) is 4.31. The van der Waals surface area contributed by atoms with Crippen molar-refractivity contribution in [1.29, 1.82) is 0 Å². The van der Waals surface area contributed by atoms with Gasteiger partial charge >= 0.3 is 5.63 Å². The second-order valence-electron chi connectivity index (χ2n) is 11.2. The van der Waals surface area contributed by atoms with Gasteiger partial charge in [0, 0.05) is 24.5 Å². The van der Waals surface area contributed by atoms with Crippen LogP contribution in [0.5, 0.6) is 5.75 Å². The lowest BCUT2D eigenvalue weighted by molar-refractivity contribution is 0.126. The number of nitrogens with one attached hydrogen (secondary N) is 1. The maximum atomic E-state index is 13.0. The van der Waals surface area contributed by atoms with Gasteiger partial charge in [0.15, 0.2) is 0 Å². The van der Waals surface area contributed by atoms with Crippen LogP contribution in [0, 0.1) is 10.8 Å². The summed E-state index contributed by atoms with van der Waals surface area (Å²) in [5.41, 5.74) is 3.37. The van der Waals surface area contributed by atoms with Crippen LogP contribution in [-0.4, -0.2) is 32.6 Å². The maximum absolute atomic E-state index is 13.0. The summed E-state index contributed by atoms with van der Waals surface area (Å²) < 4.78 is 5.84. The fraction of sp³-hybridized carbons (Fsp3) is 0.407. The zero-order valence-electron chi connectivity index (χ0n) is 19.3. The van der Waals surface area contributed by atoms with E-state index in [1.807, 2.05) is 30.3 Å². The van der Waals surface area contributed by atoms with Gasteiger partial charge in [-0.1, -0.05) is 32.9 Å².